The predicted molar refractivity (Wildman–Crippen MR) is 74.6 cm³/mol. The highest BCUT2D eigenvalue weighted by Gasteiger charge is 2.19. The molecule has 84 valence electrons. The van der Waals surface area contributed by atoms with Crippen LogP contribution in [0.5, 0.6) is 0 Å². The summed E-state index contributed by atoms with van der Waals surface area (Å²) in [5, 5.41) is 0. The highest BCUT2D eigenvalue weighted by Crippen LogP contribution is 2.39. The van der Waals surface area contributed by atoms with E-state index in [1.54, 1.807) is 0 Å². The van der Waals surface area contributed by atoms with Gasteiger partial charge in [0.2, 0.25) is 0 Å². The van der Waals surface area contributed by atoms with E-state index in [9.17, 15) is 0 Å². The van der Waals surface area contributed by atoms with Crippen LogP contribution in [0, 0.1) is 0 Å². The maximum Gasteiger partial charge on any atom is 0.0445 e. The van der Waals surface area contributed by atoms with Gasteiger partial charge in [-0.25, -0.2) is 0 Å². The molecule has 0 unspecified atom stereocenters. The quantitative estimate of drug-likeness (QED) is 0.660. The number of aliphatic imine (C=N–C) groups is 1. The number of fused-ring (bicyclic) bond motifs is 2. The van der Waals surface area contributed by atoms with Gasteiger partial charge in [0.1, 0.15) is 0 Å². The molecule has 0 spiro atoms. The predicted octanol–water partition coefficient (Wildman–Crippen LogP) is 4.13. The molecule has 0 fully saturated rings. The molecule has 2 aliphatic rings. The third kappa shape index (κ3) is 2.06. The molecule has 3 heteroatoms. The van der Waals surface area contributed by atoms with Gasteiger partial charge in [-0.2, -0.15) is 0 Å². The van der Waals surface area contributed by atoms with Gasteiger partial charge in [0.15, 0.2) is 0 Å². The Balaban J connectivity index is 0.000000640. The topological polar surface area (TPSA) is 12.4 Å². The maximum atomic E-state index is 4.42. The molecule has 0 bridgehead atoms. The van der Waals surface area contributed by atoms with Crippen LogP contribution >= 0.6 is 24.8 Å². The van der Waals surface area contributed by atoms with Crippen LogP contribution in [0.25, 0.3) is 11.6 Å². The molecule has 0 N–H and O–H groups in total. The highest BCUT2D eigenvalue weighted by atomic mass is 35.5. The summed E-state index contributed by atoms with van der Waals surface area (Å²) >= 11 is 0. The molecular formula is C13H13Cl2N. The Labute approximate surface area is 108 Å². The lowest BCUT2D eigenvalue weighted by molar-refractivity contribution is 0.885. The third-order valence-corrected chi connectivity index (χ3v) is 2.84. The summed E-state index contributed by atoms with van der Waals surface area (Å²) < 4.78 is 0. The van der Waals surface area contributed by atoms with Crippen LogP contribution in [0.15, 0.2) is 41.0 Å². The van der Waals surface area contributed by atoms with Crippen molar-refractivity contribution in [1.29, 1.82) is 0 Å². The molecule has 0 aromatic heterocycles. The molecule has 0 radical (unpaired) electrons. The first-order valence-corrected chi connectivity index (χ1v) is 4.97. The van der Waals surface area contributed by atoms with Crippen molar-refractivity contribution >= 4 is 42.7 Å². The van der Waals surface area contributed by atoms with Crippen molar-refractivity contribution in [3.8, 4) is 0 Å². The fourth-order valence-corrected chi connectivity index (χ4v) is 1.99. The zero-order chi connectivity index (χ0) is 9.38. The van der Waals surface area contributed by atoms with E-state index in [4.69, 9.17) is 0 Å². The zero-order valence-electron chi connectivity index (χ0n) is 8.72. The molecule has 0 amide bonds. The van der Waals surface area contributed by atoms with Crippen molar-refractivity contribution in [2.24, 2.45) is 4.99 Å². The third-order valence-electron chi connectivity index (χ3n) is 2.84. The van der Waals surface area contributed by atoms with E-state index in [1.165, 1.54) is 28.8 Å². The second-order valence-corrected chi connectivity index (χ2v) is 3.65. The van der Waals surface area contributed by atoms with Gasteiger partial charge >= 0.3 is 0 Å². The number of benzene rings is 1. The van der Waals surface area contributed by atoms with E-state index >= 15 is 0 Å². The van der Waals surface area contributed by atoms with Crippen LogP contribution in [-0.4, -0.2) is 6.21 Å². The number of rotatable bonds is 0. The first kappa shape index (κ1) is 13.0. The summed E-state index contributed by atoms with van der Waals surface area (Å²) in [5.41, 5.74) is 5.37. The first-order valence-electron chi connectivity index (χ1n) is 4.97. The Morgan fingerprint density at radius 3 is 2.56 bits per heavy atom. The molecule has 0 saturated heterocycles. The number of nitrogens with zero attached hydrogens (tertiary/aromatic N) is 1. The van der Waals surface area contributed by atoms with Crippen molar-refractivity contribution in [2.75, 3.05) is 0 Å². The molecule has 1 aliphatic heterocycles. The molecule has 1 aliphatic carbocycles. The average molecular weight is 254 g/mol. The number of hydrogen-bond donors (Lipinski definition) is 0. The Kier molecular flexibility index (Phi) is 4.34. The largest absolute Gasteiger partial charge is 0.261 e. The molecule has 1 aromatic rings. The van der Waals surface area contributed by atoms with Gasteiger partial charge in [-0.15, -0.1) is 24.8 Å². The average Bonchev–Trinajstić information content (AvgIpc) is 2.16. The van der Waals surface area contributed by atoms with E-state index in [1.807, 2.05) is 12.3 Å². The van der Waals surface area contributed by atoms with Gasteiger partial charge in [-0.1, -0.05) is 30.3 Å². The summed E-state index contributed by atoms with van der Waals surface area (Å²) in [5.74, 6) is 0. The summed E-state index contributed by atoms with van der Waals surface area (Å²) in [6.07, 6.45) is 8.35. The maximum absolute atomic E-state index is 4.42. The van der Waals surface area contributed by atoms with Gasteiger partial charge in [-0.05, 0) is 35.6 Å². The molecule has 16 heavy (non-hydrogen) atoms. The second kappa shape index (κ2) is 5.33. The van der Waals surface area contributed by atoms with Crippen LogP contribution in [0.1, 0.15) is 24.0 Å². The van der Waals surface area contributed by atoms with Gasteiger partial charge in [0.05, 0.1) is 0 Å². The summed E-state index contributed by atoms with van der Waals surface area (Å²) in [7, 11) is 0. The van der Waals surface area contributed by atoms with Gasteiger partial charge < -0.3 is 0 Å². The summed E-state index contributed by atoms with van der Waals surface area (Å²) in [4.78, 5) is 4.42. The Morgan fingerprint density at radius 2 is 1.81 bits per heavy atom. The Hall–Kier alpha value is -1.05. The fourth-order valence-electron chi connectivity index (χ4n) is 1.99. The number of halogens is 2. The van der Waals surface area contributed by atoms with Crippen molar-refractivity contribution in [3.05, 3.63) is 47.2 Å². The van der Waals surface area contributed by atoms with Crippen LogP contribution < -0.4 is 0 Å². The number of allylic oxidation sites excluding steroid dienone is 3. The summed E-state index contributed by atoms with van der Waals surface area (Å²) in [6, 6.07) is 8.53. The summed E-state index contributed by atoms with van der Waals surface area (Å²) in [6.45, 7) is 0. The molecule has 3 rings (SSSR count). The highest BCUT2D eigenvalue weighted by molar-refractivity contribution is 5.88. The van der Waals surface area contributed by atoms with Crippen molar-refractivity contribution in [2.45, 2.75) is 12.8 Å². The van der Waals surface area contributed by atoms with E-state index in [2.05, 4.69) is 35.3 Å². The van der Waals surface area contributed by atoms with Crippen LogP contribution in [-0.2, 0) is 0 Å². The zero-order valence-corrected chi connectivity index (χ0v) is 10.4. The molecule has 1 aromatic carbocycles. The molecular weight excluding hydrogens is 241 g/mol. The lowest BCUT2D eigenvalue weighted by Gasteiger charge is -2.23. The van der Waals surface area contributed by atoms with E-state index in [0.29, 0.717) is 0 Å². The van der Waals surface area contributed by atoms with Crippen molar-refractivity contribution < 1.29 is 0 Å². The van der Waals surface area contributed by atoms with Crippen molar-refractivity contribution in [1.82, 2.24) is 0 Å². The van der Waals surface area contributed by atoms with Gasteiger partial charge in [-0.3, -0.25) is 4.99 Å². The molecule has 0 saturated carbocycles. The van der Waals surface area contributed by atoms with Gasteiger partial charge in [0.25, 0.3) is 0 Å². The molecule has 1 nitrogen and oxygen atoms in total. The Morgan fingerprint density at radius 1 is 1.00 bits per heavy atom. The molecule has 0 atom stereocenters. The monoisotopic (exact) mass is 253 g/mol. The van der Waals surface area contributed by atoms with Crippen LogP contribution in [0.2, 0.25) is 0 Å². The van der Waals surface area contributed by atoms with E-state index in [-0.39, 0.29) is 24.8 Å². The lowest BCUT2D eigenvalue weighted by atomic mass is 9.85. The minimum atomic E-state index is 0. The minimum Gasteiger partial charge on any atom is -0.261 e. The van der Waals surface area contributed by atoms with Crippen LogP contribution in [0.4, 0.5) is 0 Å². The standard InChI is InChI=1S/C13H11N.2ClH/c1-2-6-11-10(4-1)5-3-9-14-13-8-7-12(11)13;;/h1-6,9H,7-8H2;2*1H/b5-3-,9-3?,10-5?,12-11?,14-9?,14-13?;;. The van der Waals surface area contributed by atoms with Crippen molar-refractivity contribution in [3.63, 3.8) is 0 Å². The SMILES string of the molecule is C1=NC2=C(CC2)c2ccccc2/C=C\1.Cl.Cl. The normalized spacial score (nSPS) is 17.8. The van der Waals surface area contributed by atoms with Crippen LogP contribution in [0.3, 0.4) is 0 Å². The lowest BCUT2D eigenvalue weighted by Crippen LogP contribution is -2.04. The number of hydrogen-bond acceptors (Lipinski definition) is 1. The minimum absolute atomic E-state index is 0. The smallest absolute Gasteiger partial charge is 0.0445 e. The van der Waals surface area contributed by atoms with E-state index in [0.717, 1.165) is 6.42 Å². The van der Waals surface area contributed by atoms with E-state index < -0.39 is 0 Å². The fraction of sp³-hybridized carbons (Fsp3) is 0.154. The Bertz CT molecular complexity index is 473. The first-order chi connectivity index (χ1) is 6.95. The second-order valence-electron chi connectivity index (χ2n) is 3.65. The molecule has 1 heterocycles. The van der Waals surface area contributed by atoms with Gasteiger partial charge in [0, 0.05) is 11.9 Å².